The van der Waals surface area contributed by atoms with Gasteiger partial charge in [0, 0.05) is 17.1 Å². The van der Waals surface area contributed by atoms with E-state index in [9.17, 15) is 9.59 Å². The number of hydrogen-bond donors (Lipinski definition) is 1. The summed E-state index contributed by atoms with van der Waals surface area (Å²) in [4.78, 5) is 31.0. The summed E-state index contributed by atoms with van der Waals surface area (Å²) in [5, 5.41) is 5.30. The fraction of sp³-hybridized carbons (Fsp3) is 0.269. The van der Waals surface area contributed by atoms with Gasteiger partial charge in [0.15, 0.2) is 5.11 Å². The number of carbonyl (C=O) groups is 2. The van der Waals surface area contributed by atoms with E-state index in [0.29, 0.717) is 35.4 Å². The van der Waals surface area contributed by atoms with Gasteiger partial charge in [0.25, 0.3) is 5.91 Å². The largest absolute Gasteiger partial charge is 0.497 e. The Morgan fingerprint density at radius 1 is 1.09 bits per heavy atom. The van der Waals surface area contributed by atoms with E-state index in [2.05, 4.69) is 11.4 Å². The van der Waals surface area contributed by atoms with Gasteiger partial charge >= 0.3 is 0 Å². The maximum atomic E-state index is 13.5. The Labute approximate surface area is 214 Å². The van der Waals surface area contributed by atoms with Crippen molar-refractivity contribution >= 4 is 51.9 Å². The Balaban J connectivity index is 1.52. The van der Waals surface area contributed by atoms with Crippen LogP contribution in [0.2, 0.25) is 0 Å². The highest BCUT2D eigenvalue weighted by atomic mass is 32.1. The van der Waals surface area contributed by atoms with Gasteiger partial charge in [0.2, 0.25) is 5.91 Å². The molecule has 0 bridgehead atoms. The van der Waals surface area contributed by atoms with E-state index in [1.54, 1.807) is 42.7 Å². The van der Waals surface area contributed by atoms with Gasteiger partial charge < -0.3 is 19.7 Å². The van der Waals surface area contributed by atoms with Gasteiger partial charge in [-0.3, -0.25) is 14.5 Å². The molecule has 1 saturated heterocycles. The number of thiophene rings is 1. The molecule has 1 atom stereocenters. The van der Waals surface area contributed by atoms with E-state index in [1.807, 2.05) is 47.5 Å². The molecule has 1 aliphatic heterocycles. The van der Waals surface area contributed by atoms with Crippen LogP contribution < -0.4 is 19.7 Å². The molecule has 1 aliphatic rings. The molecule has 1 N–H and O–H groups in total. The number of methoxy groups -OCH3 is 1. The molecular formula is C26H27N3O4S2. The highest BCUT2D eigenvalue weighted by Gasteiger charge is 2.43. The maximum Gasteiger partial charge on any atom is 0.256 e. The minimum Gasteiger partial charge on any atom is -0.497 e. The van der Waals surface area contributed by atoms with Gasteiger partial charge in [-0.05, 0) is 85.5 Å². The van der Waals surface area contributed by atoms with Gasteiger partial charge in [0.1, 0.15) is 17.5 Å². The van der Waals surface area contributed by atoms with E-state index in [-0.39, 0.29) is 18.2 Å². The second-order valence-corrected chi connectivity index (χ2v) is 9.30. The van der Waals surface area contributed by atoms with Crippen molar-refractivity contribution in [2.45, 2.75) is 25.8 Å². The average molecular weight is 510 g/mol. The maximum absolute atomic E-state index is 13.5. The van der Waals surface area contributed by atoms with Crippen LogP contribution in [0.15, 0.2) is 66.0 Å². The minimum atomic E-state index is -0.688. The third kappa shape index (κ3) is 5.80. The van der Waals surface area contributed by atoms with Crippen LogP contribution in [-0.2, 0) is 16.0 Å². The van der Waals surface area contributed by atoms with Crippen molar-refractivity contribution in [3.05, 3.63) is 70.9 Å². The molecule has 0 radical (unpaired) electrons. The number of nitrogens with zero attached hydrogens (tertiary/aromatic N) is 2. The number of ether oxygens (including phenoxy) is 2. The zero-order valence-corrected chi connectivity index (χ0v) is 21.2. The molecule has 1 aromatic heterocycles. The quantitative estimate of drug-likeness (QED) is 0.399. The summed E-state index contributed by atoms with van der Waals surface area (Å²) < 4.78 is 10.7. The molecule has 1 unspecified atom stereocenters. The standard InChI is InChI=1S/C26H27N3O4S2/c1-3-33-21-12-8-19(9-13-21)29-25(31)23(28(26(29)34)15-14-22-5-4-16-35-22)17-24(30)27-18-6-10-20(32-2)11-7-18/h4-13,16,23H,3,14-15,17H2,1-2H3,(H,27,30). The third-order valence-electron chi connectivity index (χ3n) is 5.66. The van der Waals surface area contributed by atoms with Crippen molar-refractivity contribution in [1.29, 1.82) is 0 Å². The Morgan fingerprint density at radius 3 is 2.43 bits per heavy atom. The smallest absolute Gasteiger partial charge is 0.256 e. The van der Waals surface area contributed by atoms with Crippen molar-refractivity contribution in [3.8, 4) is 11.5 Å². The molecule has 35 heavy (non-hydrogen) atoms. The monoisotopic (exact) mass is 509 g/mol. The van der Waals surface area contributed by atoms with Gasteiger partial charge in [-0.15, -0.1) is 11.3 Å². The molecule has 7 nitrogen and oxygen atoms in total. The summed E-state index contributed by atoms with van der Waals surface area (Å²) in [6.07, 6.45) is 0.724. The van der Waals surface area contributed by atoms with E-state index >= 15 is 0 Å². The first-order valence-corrected chi connectivity index (χ1v) is 12.6. The van der Waals surface area contributed by atoms with Crippen LogP contribution in [0.4, 0.5) is 11.4 Å². The molecule has 2 heterocycles. The first-order valence-electron chi connectivity index (χ1n) is 11.3. The van der Waals surface area contributed by atoms with Crippen LogP contribution in [0.3, 0.4) is 0 Å². The van der Waals surface area contributed by atoms with Gasteiger partial charge in [-0.2, -0.15) is 0 Å². The molecule has 2 amide bonds. The molecule has 182 valence electrons. The highest BCUT2D eigenvalue weighted by molar-refractivity contribution is 7.80. The number of benzene rings is 2. The summed E-state index contributed by atoms with van der Waals surface area (Å²) in [7, 11) is 1.59. The van der Waals surface area contributed by atoms with Crippen LogP contribution in [0.1, 0.15) is 18.2 Å². The van der Waals surface area contributed by atoms with Gasteiger partial charge in [0.05, 0.1) is 25.8 Å². The summed E-state index contributed by atoms with van der Waals surface area (Å²) in [6.45, 7) is 3.02. The molecule has 2 aromatic carbocycles. The van der Waals surface area contributed by atoms with Crippen LogP contribution in [-0.4, -0.2) is 48.1 Å². The first-order chi connectivity index (χ1) is 17.0. The van der Waals surface area contributed by atoms with Crippen molar-refractivity contribution < 1.29 is 19.1 Å². The number of rotatable bonds is 10. The zero-order chi connectivity index (χ0) is 24.8. The summed E-state index contributed by atoms with van der Waals surface area (Å²) in [5.74, 6) is 0.949. The molecule has 4 rings (SSSR count). The molecule has 9 heteroatoms. The molecular weight excluding hydrogens is 482 g/mol. The van der Waals surface area contributed by atoms with E-state index in [0.717, 1.165) is 12.2 Å². The van der Waals surface area contributed by atoms with Crippen LogP contribution in [0.25, 0.3) is 0 Å². The highest BCUT2D eigenvalue weighted by Crippen LogP contribution is 2.29. The van der Waals surface area contributed by atoms with Crippen molar-refractivity contribution in [1.82, 2.24) is 4.90 Å². The topological polar surface area (TPSA) is 71.1 Å². The fourth-order valence-electron chi connectivity index (χ4n) is 3.93. The molecule has 1 fully saturated rings. The number of amides is 2. The van der Waals surface area contributed by atoms with Gasteiger partial charge in [-0.1, -0.05) is 6.07 Å². The number of nitrogens with one attached hydrogen (secondary N) is 1. The zero-order valence-electron chi connectivity index (χ0n) is 19.6. The number of thiocarbonyl (C=S) groups is 1. The Morgan fingerprint density at radius 2 is 1.80 bits per heavy atom. The summed E-state index contributed by atoms with van der Waals surface area (Å²) in [6, 6.07) is 17.7. The SMILES string of the molecule is CCOc1ccc(N2C(=O)C(CC(=O)Nc3ccc(OC)cc3)N(CCc3cccs3)C2=S)cc1. The lowest BCUT2D eigenvalue weighted by molar-refractivity contribution is -0.124. The lowest BCUT2D eigenvalue weighted by Crippen LogP contribution is -2.39. The number of anilines is 2. The molecule has 3 aromatic rings. The predicted octanol–water partition coefficient (Wildman–Crippen LogP) is 4.73. The lowest BCUT2D eigenvalue weighted by Gasteiger charge is -2.23. The average Bonchev–Trinajstić information content (AvgIpc) is 3.46. The Hall–Kier alpha value is -3.43. The Kier molecular flexibility index (Phi) is 7.99. The Bertz CT molecular complexity index is 1160. The second-order valence-electron chi connectivity index (χ2n) is 7.90. The fourth-order valence-corrected chi connectivity index (χ4v) is 5.04. The predicted molar refractivity (Wildman–Crippen MR) is 142 cm³/mol. The van der Waals surface area contributed by atoms with Crippen LogP contribution in [0.5, 0.6) is 11.5 Å². The van der Waals surface area contributed by atoms with E-state index < -0.39 is 6.04 Å². The third-order valence-corrected chi connectivity index (χ3v) is 7.01. The number of hydrogen-bond acceptors (Lipinski definition) is 6. The summed E-state index contributed by atoms with van der Waals surface area (Å²) >= 11 is 7.40. The van der Waals surface area contributed by atoms with E-state index in [1.165, 1.54) is 9.78 Å². The molecule has 0 aliphatic carbocycles. The van der Waals surface area contributed by atoms with Crippen LogP contribution >= 0.6 is 23.6 Å². The normalized spacial score (nSPS) is 15.4. The van der Waals surface area contributed by atoms with E-state index in [4.69, 9.17) is 21.7 Å². The van der Waals surface area contributed by atoms with Crippen molar-refractivity contribution in [2.75, 3.05) is 30.5 Å². The summed E-state index contributed by atoms with van der Waals surface area (Å²) in [5.41, 5.74) is 1.29. The lowest BCUT2D eigenvalue weighted by atomic mass is 10.1. The second kappa shape index (κ2) is 11.3. The number of carbonyl (C=O) groups excluding carboxylic acids is 2. The molecule has 0 saturated carbocycles. The van der Waals surface area contributed by atoms with Crippen LogP contribution in [0, 0.1) is 0 Å². The minimum absolute atomic E-state index is 0.0109. The van der Waals surface area contributed by atoms with Gasteiger partial charge in [-0.25, -0.2) is 0 Å². The van der Waals surface area contributed by atoms with Crippen molar-refractivity contribution in [2.24, 2.45) is 0 Å². The molecule has 0 spiro atoms. The first kappa shape index (κ1) is 24.7. The van der Waals surface area contributed by atoms with Crippen molar-refractivity contribution in [3.63, 3.8) is 0 Å².